The molecule has 0 radical (unpaired) electrons. The van der Waals surface area contributed by atoms with E-state index in [9.17, 15) is 4.79 Å². The van der Waals surface area contributed by atoms with E-state index >= 15 is 0 Å². The normalized spacial score (nSPS) is 22.8. The number of piperazine rings is 1. The molecule has 3 aliphatic rings. The predicted molar refractivity (Wildman–Crippen MR) is 167 cm³/mol. The molecule has 1 amide bonds. The average Bonchev–Trinajstić information content (AvgIpc) is 3.42. The maximum absolute atomic E-state index is 12.8. The number of aromatic nitrogens is 4. The minimum Gasteiger partial charge on any atom is -0.495 e. The van der Waals surface area contributed by atoms with Crippen molar-refractivity contribution in [2.75, 3.05) is 51.4 Å². The largest absolute Gasteiger partial charge is 0.495 e. The van der Waals surface area contributed by atoms with Crippen molar-refractivity contribution in [2.24, 2.45) is 5.92 Å². The van der Waals surface area contributed by atoms with E-state index in [2.05, 4.69) is 36.8 Å². The van der Waals surface area contributed by atoms with Gasteiger partial charge >= 0.3 is 0 Å². The number of amides is 1. The molecule has 0 unspecified atom stereocenters. The van der Waals surface area contributed by atoms with Crippen molar-refractivity contribution in [3.8, 4) is 17.0 Å². The zero-order valence-electron chi connectivity index (χ0n) is 25.2. The number of likely N-dealkylation sites (N-methyl/N-ethyl adjacent to an activating group) is 1. The van der Waals surface area contributed by atoms with Gasteiger partial charge in [0.15, 0.2) is 5.65 Å². The van der Waals surface area contributed by atoms with Crippen molar-refractivity contribution < 1.29 is 9.53 Å². The van der Waals surface area contributed by atoms with Gasteiger partial charge in [-0.25, -0.2) is 14.6 Å². The molecule has 6 rings (SSSR count). The highest BCUT2D eigenvalue weighted by atomic mass is 16.5. The Bertz CT molecular complexity index is 1370. The Morgan fingerprint density at radius 3 is 2.48 bits per heavy atom. The Labute approximate surface area is 249 Å². The molecule has 2 saturated carbocycles. The maximum Gasteiger partial charge on any atom is 0.224 e. The number of nitrogens with zero attached hydrogens (tertiary/aromatic N) is 6. The van der Waals surface area contributed by atoms with Crippen molar-refractivity contribution in [1.29, 1.82) is 0 Å². The third-order valence-electron chi connectivity index (χ3n) is 9.84. The fourth-order valence-corrected chi connectivity index (χ4v) is 7.27. The first-order chi connectivity index (χ1) is 20.5. The average molecular weight is 575 g/mol. The Hall–Kier alpha value is -3.24. The lowest BCUT2D eigenvalue weighted by Gasteiger charge is -2.41. The second kappa shape index (κ2) is 13.0. The number of nitrogen functional groups attached to an aromatic ring is 1. The number of methoxy groups -OCH3 is 1. The van der Waals surface area contributed by atoms with E-state index in [1.54, 1.807) is 7.11 Å². The van der Waals surface area contributed by atoms with Crippen LogP contribution in [0.5, 0.6) is 5.75 Å². The smallest absolute Gasteiger partial charge is 0.224 e. The second-order valence-electron chi connectivity index (χ2n) is 12.6. The van der Waals surface area contributed by atoms with Crippen LogP contribution in [-0.4, -0.2) is 81.8 Å². The molecule has 3 aromatic rings. The molecule has 10 nitrogen and oxygen atoms in total. The van der Waals surface area contributed by atoms with Crippen LogP contribution in [0.1, 0.15) is 76.7 Å². The van der Waals surface area contributed by atoms with Gasteiger partial charge in [0.2, 0.25) is 5.91 Å². The van der Waals surface area contributed by atoms with Crippen molar-refractivity contribution in [3.05, 3.63) is 24.5 Å². The number of carbonyl (C=O) groups is 1. The number of carbonyl (C=O) groups excluding carboxylic acids is 1. The Balaban J connectivity index is 1.19. The van der Waals surface area contributed by atoms with Crippen molar-refractivity contribution in [3.63, 3.8) is 0 Å². The van der Waals surface area contributed by atoms with E-state index < -0.39 is 0 Å². The lowest BCUT2D eigenvalue weighted by atomic mass is 9.86. The van der Waals surface area contributed by atoms with Crippen molar-refractivity contribution >= 4 is 28.4 Å². The second-order valence-corrected chi connectivity index (χ2v) is 12.6. The highest BCUT2D eigenvalue weighted by Gasteiger charge is 2.31. The number of benzene rings is 1. The predicted octanol–water partition coefficient (Wildman–Crippen LogP) is 5.11. The van der Waals surface area contributed by atoms with Crippen LogP contribution >= 0.6 is 0 Å². The lowest BCUT2D eigenvalue weighted by Crippen LogP contribution is -2.49. The SMILES string of the molecule is COc1cc(-c2nn(C3CCC(N4CCN(C)CC4)CC3)c3ncnc(N)c23)ccc1NC(=O)CCC1CCCCC1. The summed E-state index contributed by atoms with van der Waals surface area (Å²) in [4.78, 5) is 26.8. The van der Waals surface area contributed by atoms with Crippen LogP contribution < -0.4 is 15.8 Å². The van der Waals surface area contributed by atoms with E-state index in [-0.39, 0.29) is 11.9 Å². The molecule has 2 aliphatic carbocycles. The maximum atomic E-state index is 12.8. The molecule has 0 spiro atoms. The van der Waals surface area contributed by atoms with Gasteiger partial charge in [0.1, 0.15) is 23.6 Å². The van der Waals surface area contributed by atoms with Crippen LogP contribution in [0.15, 0.2) is 24.5 Å². The summed E-state index contributed by atoms with van der Waals surface area (Å²) in [5, 5.41) is 8.95. The van der Waals surface area contributed by atoms with Crippen molar-refractivity contribution in [1.82, 2.24) is 29.5 Å². The zero-order chi connectivity index (χ0) is 29.1. The monoisotopic (exact) mass is 574 g/mol. The fraction of sp³-hybridized carbons (Fsp3) is 0.625. The highest BCUT2D eigenvalue weighted by molar-refractivity contribution is 5.99. The summed E-state index contributed by atoms with van der Waals surface area (Å²) in [6.07, 6.45) is 13.9. The number of nitrogens with two attached hydrogens (primary N) is 1. The third kappa shape index (κ3) is 6.24. The highest BCUT2D eigenvalue weighted by Crippen LogP contribution is 2.39. The van der Waals surface area contributed by atoms with Gasteiger partial charge in [-0.3, -0.25) is 9.69 Å². The van der Waals surface area contributed by atoms with Crippen LogP contribution in [0.25, 0.3) is 22.3 Å². The van der Waals surface area contributed by atoms with Gasteiger partial charge in [0.05, 0.1) is 24.2 Å². The molecule has 1 aliphatic heterocycles. The van der Waals surface area contributed by atoms with Crippen LogP contribution in [0.2, 0.25) is 0 Å². The molecular formula is C32H46N8O2. The zero-order valence-corrected chi connectivity index (χ0v) is 25.2. The number of hydrogen-bond donors (Lipinski definition) is 2. The quantitative estimate of drug-likeness (QED) is 0.381. The third-order valence-corrected chi connectivity index (χ3v) is 9.84. The molecule has 0 atom stereocenters. The van der Waals surface area contributed by atoms with Gasteiger partial charge in [-0.05, 0) is 57.2 Å². The summed E-state index contributed by atoms with van der Waals surface area (Å²) in [6, 6.07) is 6.72. The number of fused-ring (bicyclic) bond motifs is 1. The molecule has 2 aromatic heterocycles. The van der Waals surface area contributed by atoms with Gasteiger partial charge in [-0.2, -0.15) is 5.10 Å². The van der Waals surface area contributed by atoms with Crippen LogP contribution in [0, 0.1) is 5.92 Å². The standard InChI is InChI=1S/C32H46N8O2/c1-38-16-18-39(19-17-38)24-10-12-25(13-11-24)40-32-29(31(33)34-21-35-32)30(37-40)23-9-14-26(27(20-23)42-2)36-28(41)15-8-22-6-4-3-5-7-22/h9,14,20-22,24-25H,3-8,10-13,15-19H2,1-2H3,(H,36,41)(H2,33,34,35). The molecule has 1 aromatic carbocycles. The van der Waals surface area contributed by atoms with Crippen LogP contribution in [0.4, 0.5) is 11.5 Å². The molecule has 1 saturated heterocycles. The molecule has 3 heterocycles. The molecule has 42 heavy (non-hydrogen) atoms. The summed E-state index contributed by atoms with van der Waals surface area (Å²) in [6.45, 7) is 4.61. The lowest BCUT2D eigenvalue weighted by molar-refractivity contribution is -0.116. The summed E-state index contributed by atoms with van der Waals surface area (Å²) < 4.78 is 7.80. The van der Waals surface area contributed by atoms with E-state index in [0.717, 1.165) is 80.6 Å². The number of anilines is 2. The van der Waals surface area contributed by atoms with E-state index in [1.165, 1.54) is 38.4 Å². The Morgan fingerprint density at radius 1 is 1.00 bits per heavy atom. The van der Waals surface area contributed by atoms with Gasteiger partial charge in [-0.1, -0.05) is 38.2 Å². The topological polar surface area (TPSA) is 114 Å². The first-order valence-corrected chi connectivity index (χ1v) is 15.9. The number of rotatable bonds is 8. The number of hydrogen-bond acceptors (Lipinski definition) is 8. The fourth-order valence-electron chi connectivity index (χ4n) is 7.27. The molecule has 3 N–H and O–H groups in total. The molecule has 226 valence electrons. The first kappa shape index (κ1) is 28.9. The number of ether oxygens (including phenoxy) is 1. The van der Waals surface area contributed by atoms with Crippen molar-refractivity contribution in [2.45, 2.75) is 82.7 Å². The molecule has 3 fully saturated rings. The van der Waals surface area contributed by atoms with Crippen LogP contribution in [-0.2, 0) is 4.79 Å². The first-order valence-electron chi connectivity index (χ1n) is 15.9. The van der Waals surface area contributed by atoms with E-state index in [1.807, 2.05) is 18.2 Å². The van der Waals surface area contributed by atoms with Gasteiger partial charge < -0.3 is 20.7 Å². The Kier molecular flexibility index (Phi) is 8.90. The van der Waals surface area contributed by atoms with Gasteiger partial charge in [-0.15, -0.1) is 0 Å². The summed E-state index contributed by atoms with van der Waals surface area (Å²) in [5.41, 5.74) is 9.49. The summed E-state index contributed by atoms with van der Waals surface area (Å²) in [7, 11) is 3.84. The van der Waals surface area contributed by atoms with Gasteiger partial charge in [0.25, 0.3) is 0 Å². The van der Waals surface area contributed by atoms with Crippen LogP contribution in [0.3, 0.4) is 0 Å². The summed E-state index contributed by atoms with van der Waals surface area (Å²) in [5.74, 6) is 1.73. The summed E-state index contributed by atoms with van der Waals surface area (Å²) >= 11 is 0. The Morgan fingerprint density at radius 2 is 1.74 bits per heavy atom. The molecular weight excluding hydrogens is 528 g/mol. The van der Waals surface area contributed by atoms with E-state index in [0.29, 0.717) is 35.6 Å². The number of nitrogens with one attached hydrogen (secondary N) is 1. The minimum absolute atomic E-state index is 0.0335. The van der Waals surface area contributed by atoms with Gasteiger partial charge in [0, 0.05) is 44.2 Å². The molecule has 10 heteroatoms. The van der Waals surface area contributed by atoms with E-state index in [4.69, 9.17) is 15.6 Å². The molecule has 0 bridgehead atoms. The minimum atomic E-state index is 0.0335.